The molecule has 0 amide bonds. The van der Waals surface area contributed by atoms with E-state index in [1.165, 1.54) is 12.1 Å². The molecule has 0 radical (unpaired) electrons. The highest BCUT2D eigenvalue weighted by atomic mass is 35.5. The molecule has 0 spiro atoms. The Morgan fingerprint density at radius 1 is 1.00 bits per heavy atom. The van der Waals surface area contributed by atoms with E-state index in [-0.39, 0.29) is 15.7 Å². The molecule has 0 bridgehead atoms. The lowest BCUT2D eigenvalue weighted by Crippen LogP contribution is -2.42. The summed E-state index contributed by atoms with van der Waals surface area (Å²) in [6, 6.07) is 13.0. The van der Waals surface area contributed by atoms with E-state index in [2.05, 4.69) is 5.10 Å². The molecule has 0 saturated heterocycles. The molecule has 1 heterocycles. The fraction of sp³-hybridized carbons (Fsp3) is 0.0556. The van der Waals surface area contributed by atoms with Crippen LogP contribution in [0.2, 0.25) is 15.1 Å². The second-order valence-electron chi connectivity index (χ2n) is 5.50. The number of benzene rings is 2. The predicted molar refractivity (Wildman–Crippen MR) is 105 cm³/mol. The number of aromatic nitrogens is 3. The lowest BCUT2D eigenvalue weighted by Gasteiger charge is -2.12. The molecule has 138 valence electrons. The maximum atomic E-state index is 12.6. The zero-order valence-electron chi connectivity index (χ0n) is 13.9. The van der Waals surface area contributed by atoms with Crippen LogP contribution in [0, 0.1) is 22.7 Å². The SMILES string of the molecule is N#CCn1c(=O)c(C#N)nn(-c2cc(Cl)c(-c3ccc(Cl)cc3)c(Cl)c2)c1=O. The van der Waals surface area contributed by atoms with Gasteiger partial charge in [-0.25, -0.2) is 9.36 Å². The second kappa shape index (κ2) is 7.87. The second-order valence-corrected chi connectivity index (χ2v) is 6.75. The third kappa shape index (κ3) is 3.51. The van der Waals surface area contributed by atoms with Crippen LogP contribution in [-0.4, -0.2) is 14.3 Å². The monoisotopic (exact) mass is 431 g/mol. The van der Waals surface area contributed by atoms with Gasteiger partial charge in [0.2, 0.25) is 5.69 Å². The van der Waals surface area contributed by atoms with Gasteiger partial charge in [0.25, 0.3) is 5.56 Å². The third-order valence-corrected chi connectivity index (χ3v) is 4.65. The molecule has 10 heteroatoms. The Balaban J connectivity index is 2.24. The van der Waals surface area contributed by atoms with Gasteiger partial charge in [0.1, 0.15) is 12.6 Å². The van der Waals surface area contributed by atoms with E-state index < -0.39 is 23.5 Å². The van der Waals surface area contributed by atoms with Crippen LogP contribution in [0.4, 0.5) is 0 Å². The molecule has 28 heavy (non-hydrogen) atoms. The van der Waals surface area contributed by atoms with Gasteiger partial charge < -0.3 is 0 Å². The Morgan fingerprint density at radius 3 is 2.14 bits per heavy atom. The van der Waals surface area contributed by atoms with Crippen LogP contribution in [0.25, 0.3) is 16.8 Å². The minimum atomic E-state index is -0.944. The molecule has 0 atom stereocenters. The van der Waals surface area contributed by atoms with Gasteiger partial charge in [-0.05, 0) is 29.8 Å². The highest BCUT2D eigenvalue weighted by molar-refractivity contribution is 6.39. The van der Waals surface area contributed by atoms with Crippen molar-refractivity contribution >= 4 is 34.8 Å². The first-order valence-electron chi connectivity index (χ1n) is 7.64. The molecule has 0 unspecified atom stereocenters. The zero-order valence-corrected chi connectivity index (χ0v) is 16.1. The fourth-order valence-corrected chi connectivity index (χ4v) is 3.36. The highest BCUT2D eigenvalue weighted by Gasteiger charge is 2.17. The number of nitrogens with zero attached hydrogens (tertiary/aromatic N) is 5. The van der Waals surface area contributed by atoms with E-state index >= 15 is 0 Å². The molecular formula is C18H8Cl3N5O2. The van der Waals surface area contributed by atoms with Gasteiger partial charge >= 0.3 is 5.69 Å². The Kier molecular flexibility index (Phi) is 5.53. The molecule has 0 aliphatic carbocycles. The van der Waals surface area contributed by atoms with E-state index in [1.807, 2.05) is 0 Å². The minimum absolute atomic E-state index is 0.140. The maximum Gasteiger partial charge on any atom is 0.353 e. The van der Waals surface area contributed by atoms with Gasteiger partial charge in [-0.2, -0.15) is 15.2 Å². The summed E-state index contributed by atoms with van der Waals surface area (Å²) >= 11 is 18.6. The summed E-state index contributed by atoms with van der Waals surface area (Å²) in [5, 5.41) is 22.7. The molecule has 2 aromatic carbocycles. The fourth-order valence-electron chi connectivity index (χ4n) is 2.54. The number of halogens is 3. The third-order valence-electron chi connectivity index (χ3n) is 3.80. The summed E-state index contributed by atoms with van der Waals surface area (Å²) in [5.74, 6) is 0. The summed E-state index contributed by atoms with van der Waals surface area (Å²) in [7, 11) is 0. The van der Waals surface area contributed by atoms with Gasteiger partial charge in [0.15, 0.2) is 0 Å². The molecule has 0 N–H and O–H groups in total. The first kappa shape index (κ1) is 19.7. The van der Waals surface area contributed by atoms with E-state index in [1.54, 1.807) is 36.4 Å². The van der Waals surface area contributed by atoms with Crippen molar-refractivity contribution in [3.8, 4) is 29.0 Å². The predicted octanol–water partition coefficient (Wildman–Crippen LogP) is 3.42. The number of hydrogen-bond donors (Lipinski definition) is 0. The number of rotatable bonds is 3. The molecule has 1 aromatic heterocycles. The van der Waals surface area contributed by atoms with Crippen molar-refractivity contribution in [1.82, 2.24) is 14.3 Å². The standard InChI is InChI=1S/C18H8Cl3N5O2/c19-11-3-1-10(2-4-11)16-13(20)7-12(8-14(16)21)26-18(28)25(6-5-22)17(27)15(9-23)24-26/h1-4,7-8H,6H2. The maximum absolute atomic E-state index is 12.6. The number of hydrogen-bond acceptors (Lipinski definition) is 5. The van der Waals surface area contributed by atoms with Crippen molar-refractivity contribution in [3.05, 3.63) is 78.0 Å². The van der Waals surface area contributed by atoms with Gasteiger partial charge in [0, 0.05) is 10.6 Å². The normalized spacial score (nSPS) is 10.3. The topological polar surface area (TPSA) is 104 Å². The first-order chi connectivity index (χ1) is 13.4. The Bertz CT molecular complexity index is 1260. The van der Waals surface area contributed by atoms with Gasteiger partial charge in [0.05, 0.1) is 21.8 Å². The van der Waals surface area contributed by atoms with Gasteiger partial charge in [-0.15, -0.1) is 5.10 Å². The van der Waals surface area contributed by atoms with Gasteiger partial charge in [-0.1, -0.05) is 46.9 Å². The van der Waals surface area contributed by atoms with Crippen molar-refractivity contribution in [2.45, 2.75) is 6.54 Å². The van der Waals surface area contributed by atoms with Crippen molar-refractivity contribution in [1.29, 1.82) is 10.5 Å². The van der Waals surface area contributed by atoms with Crippen LogP contribution in [0.15, 0.2) is 46.0 Å². The summed E-state index contributed by atoms with van der Waals surface area (Å²) in [5.41, 5.74) is -1.01. The molecule has 0 saturated carbocycles. The minimum Gasteiger partial charge on any atom is -0.266 e. The number of nitriles is 2. The molecule has 7 nitrogen and oxygen atoms in total. The van der Waals surface area contributed by atoms with Crippen LogP contribution in [0.3, 0.4) is 0 Å². The smallest absolute Gasteiger partial charge is 0.266 e. The van der Waals surface area contributed by atoms with E-state index in [4.69, 9.17) is 45.3 Å². The summed E-state index contributed by atoms with van der Waals surface area (Å²) in [6.07, 6.45) is 0. The van der Waals surface area contributed by atoms with Crippen LogP contribution in [0.1, 0.15) is 5.69 Å². The summed E-state index contributed by atoms with van der Waals surface area (Å²) in [4.78, 5) is 24.6. The summed E-state index contributed by atoms with van der Waals surface area (Å²) < 4.78 is 1.42. The average molecular weight is 433 g/mol. The van der Waals surface area contributed by atoms with Crippen molar-refractivity contribution < 1.29 is 0 Å². The van der Waals surface area contributed by atoms with Crippen LogP contribution in [-0.2, 0) is 6.54 Å². The highest BCUT2D eigenvalue weighted by Crippen LogP contribution is 2.36. The molecule has 3 rings (SSSR count). The lowest BCUT2D eigenvalue weighted by molar-refractivity contribution is 0.622. The largest absolute Gasteiger partial charge is 0.353 e. The van der Waals surface area contributed by atoms with E-state index in [9.17, 15) is 9.59 Å². The van der Waals surface area contributed by atoms with E-state index in [0.717, 1.165) is 4.68 Å². The van der Waals surface area contributed by atoms with Gasteiger partial charge in [-0.3, -0.25) is 4.79 Å². The molecule has 3 aromatic rings. The lowest BCUT2D eigenvalue weighted by atomic mass is 10.1. The summed E-state index contributed by atoms with van der Waals surface area (Å²) in [6.45, 7) is -0.529. The Labute approximate surface area is 173 Å². The van der Waals surface area contributed by atoms with Crippen molar-refractivity contribution in [2.75, 3.05) is 0 Å². The molecule has 0 aliphatic heterocycles. The van der Waals surface area contributed by atoms with Crippen LogP contribution >= 0.6 is 34.8 Å². The molecule has 0 aliphatic rings. The Hall–Kier alpha value is -3.10. The van der Waals surface area contributed by atoms with Crippen LogP contribution < -0.4 is 11.2 Å². The van der Waals surface area contributed by atoms with E-state index in [0.29, 0.717) is 20.7 Å². The average Bonchev–Trinajstić information content (AvgIpc) is 2.66. The van der Waals surface area contributed by atoms with Crippen LogP contribution in [0.5, 0.6) is 0 Å². The van der Waals surface area contributed by atoms with Crippen molar-refractivity contribution in [3.63, 3.8) is 0 Å². The Morgan fingerprint density at radius 2 is 1.61 bits per heavy atom. The quantitative estimate of drug-likeness (QED) is 0.630. The molecular weight excluding hydrogens is 425 g/mol. The zero-order chi connectivity index (χ0) is 20.4. The van der Waals surface area contributed by atoms with Crippen molar-refractivity contribution in [2.24, 2.45) is 0 Å². The first-order valence-corrected chi connectivity index (χ1v) is 8.77. The molecule has 0 fully saturated rings.